The Hall–Kier alpha value is -4.01. The number of carbonyl (C=O) groups is 3. The first kappa shape index (κ1) is 22.2. The number of rotatable bonds is 5. The molecule has 0 bridgehead atoms. The van der Waals surface area contributed by atoms with Gasteiger partial charge in [-0.2, -0.15) is 4.98 Å². The number of likely N-dealkylation sites (tertiary alicyclic amines) is 1. The lowest BCUT2D eigenvalue weighted by Crippen LogP contribution is -2.39. The van der Waals surface area contributed by atoms with Crippen LogP contribution in [0.15, 0.2) is 53.1 Å². The summed E-state index contributed by atoms with van der Waals surface area (Å²) in [4.78, 5) is 41.9. The molecule has 1 atom stereocenters. The van der Waals surface area contributed by atoms with Crippen LogP contribution in [0.2, 0.25) is 0 Å². The number of amides is 3. The SMILES string of the molecule is CC(=O)Nc1ccc(-c2noc(C3CCCN(C(=O)c4cccc(NC(C)=O)c4)C3)n2)cc1. The van der Waals surface area contributed by atoms with Crippen molar-refractivity contribution in [2.45, 2.75) is 32.6 Å². The van der Waals surface area contributed by atoms with Crippen LogP contribution in [0.5, 0.6) is 0 Å². The molecule has 1 aliphatic rings. The summed E-state index contributed by atoms with van der Waals surface area (Å²) in [7, 11) is 0. The van der Waals surface area contributed by atoms with E-state index in [1.807, 2.05) is 12.1 Å². The molecule has 1 unspecified atom stereocenters. The van der Waals surface area contributed by atoms with Crippen molar-refractivity contribution in [1.29, 1.82) is 0 Å². The van der Waals surface area contributed by atoms with E-state index in [-0.39, 0.29) is 23.6 Å². The number of benzene rings is 2. The van der Waals surface area contributed by atoms with Gasteiger partial charge in [-0.25, -0.2) is 0 Å². The van der Waals surface area contributed by atoms with Crippen molar-refractivity contribution in [2.75, 3.05) is 23.7 Å². The van der Waals surface area contributed by atoms with Crippen molar-refractivity contribution in [1.82, 2.24) is 15.0 Å². The van der Waals surface area contributed by atoms with Gasteiger partial charge in [0.1, 0.15) is 0 Å². The van der Waals surface area contributed by atoms with Gasteiger partial charge >= 0.3 is 0 Å². The average molecular weight is 447 g/mol. The summed E-state index contributed by atoms with van der Waals surface area (Å²) in [6.45, 7) is 4.01. The first-order chi connectivity index (χ1) is 15.9. The first-order valence-corrected chi connectivity index (χ1v) is 10.8. The van der Waals surface area contributed by atoms with Crippen LogP contribution in [0.3, 0.4) is 0 Å². The van der Waals surface area contributed by atoms with E-state index < -0.39 is 0 Å². The quantitative estimate of drug-likeness (QED) is 0.616. The van der Waals surface area contributed by atoms with Gasteiger partial charge in [0.05, 0.1) is 5.92 Å². The Labute approximate surface area is 191 Å². The number of anilines is 2. The molecule has 1 fully saturated rings. The zero-order chi connectivity index (χ0) is 23.4. The standard InChI is InChI=1S/C24H25N5O4/c1-15(30)25-20-10-8-17(9-11-20)22-27-23(33-28-22)19-6-4-12-29(14-19)24(32)18-5-3-7-21(13-18)26-16(2)31/h3,5,7-11,13,19H,4,6,12,14H2,1-2H3,(H,25,30)(H,26,31). The van der Waals surface area contributed by atoms with E-state index >= 15 is 0 Å². The summed E-state index contributed by atoms with van der Waals surface area (Å²) < 4.78 is 5.53. The van der Waals surface area contributed by atoms with E-state index in [2.05, 4.69) is 20.8 Å². The number of carbonyl (C=O) groups excluding carboxylic acids is 3. The Bertz CT molecular complexity index is 1170. The lowest BCUT2D eigenvalue weighted by atomic mass is 9.97. The van der Waals surface area contributed by atoms with Crippen molar-refractivity contribution in [3.8, 4) is 11.4 Å². The van der Waals surface area contributed by atoms with Gasteiger partial charge in [-0.05, 0) is 55.3 Å². The highest BCUT2D eigenvalue weighted by Gasteiger charge is 2.29. The molecule has 0 spiro atoms. The Morgan fingerprint density at radius 1 is 1.00 bits per heavy atom. The first-order valence-electron chi connectivity index (χ1n) is 10.8. The second-order valence-electron chi connectivity index (χ2n) is 8.07. The maximum absolute atomic E-state index is 13.1. The van der Waals surface area contributed by atoms with Crippen LogP contribution < -0.4 is 10.6 Å². The second-order valence-corrected chi connectivity index (χ2v) is 8.07. The molecule has 3 amide bonds. The fourth-order valence-corrected chi connectivity index (χ4v) is 3.90. The minimum Gasteiger partial charge on any atom is -0.339 e. The van der Waals surface area contributed by atoms with E-state index in [0.29, 0.717) is 41.7 Å². The molecule has 9 nitrogen and oxygen atoms in total. The van der Waals surface area contributed by atoms with Gasteiger partial charge in [0.25, 0.3) is 5.91 Å². The Morgan fingerprint density at radius 3 is 2.45 bits per heavy atom. The zero-order valence-electron chi connectivity index (χ0n) is 18.5. The van der Waals surface area contributed by atoms with Gasteiger partial charge < -0.3 is 20.1 Å². The molecule has 1 aromatic heterocycles. The van der Waals surface area contributed by atoms with E-state index in [0.717, 1.165) is 18.4 Å². The minimum absolute atomic E-state index is 0.0545. The maximum atomic E-state index is 13.1. The summed E-state index contributed by atoms with van der Waals surface area (Å²) >= 11 is 0. The third kappa shape index (κ3) is 5.43. The molecule has 1 saturated heterocycles. The molecular formula is C24H25N5O4. The van der Waals surface area contributed by atoms with Crippen molar-refractivity contribution in [3.63, 3.8) is 0 Å². The summed E-state index contributed by atoms with van der Waals surface area (Å²) in [5, 5.41) is 9.53. The largest absolute Gasteiger partial charge is 0.339 e. The predicted octanol–water partition coefficient (Wildman–Crippen LogP) is 3.67. The van der Waals surface area contributed by atoms with Gasteiger partial charge in [-0.15, -0.1) is 0 Å². The lowest BCUT2D eigenvalue weighted by molar-refractivity contribution is -0.115. The van der Waals surface area contributed by atoms with Crippen LogP contribution in [-0.4, -0.2) is 45.9 Å². The number of hydrogen-bond acceptors (Lipinski definition) is 6. The van der Waals surface area contributed by atoms with Crippen LogP contribution in [0.25, 0.3) is 11.4 Å². The minimum atomic E-state index is -0.186. The maximum Gasteiger partial charge on any atom is 0.253 e. The molecule has 0 radical (unpaired) electrons. The van der Waals surface area contributed by atoms with Crippen molar-refractivity contribution >= 4 is 29.1 Å². The number of nitrogens with zero attached hydrogens (tertiary/aromatic N) is 3. The number of hydrogen-bond donors (Lipinski definition) is 2. The number of nitrogens with one attached hydrogen (secondary N) is 2. The fourth-order valence-electron chi connectivity index (χ4n) is 3.90. The number of piperidine rings is 1. The van der Waals surface area contributed by atoms with E-state index in [4.69, 9.17) is 4.52 Å². The van der Waals surface area contributed by atoms with Gasteiger partial charge in [0.2, 0.25) is 23.5 Å². The predicted molar refractivity (Wildman–Crippen MR) is 123 cm³/mol. The Morgan fingerprint density at radius 2 is 1.73 bits per heavy atom. The van der Waals surface area contributed by atoms with E-state index in [9.17, 15) is 14.4 Å². The van der Waals surface area contributed by atoms with Crippen LogP contribution in [0.4, 0.5) is 11.4 Å². The Kier molecular flexibility index (Phi) is 6.48. The van der Waals surface area contributed by atoms with Crippen LogP contribution in [0, 0.1) is 0 Å². The molecule has 0 saturated carbocycles. The van der Waals surface area contributed by atoms with Crippen molar-refractivity contribution < 1.29 is 18.9 Å². The van der Waals surface area contributed by atoms with Gasteiger partial charge in [-0.1, -0.05) is 11.2 Å². The second kappa shape index (κ2) is 9.64. The molecule has 2 heterocycles. The topological polar surface area (TPSA) is 117 Å². The van der Waals surface area contributed by atoms with E-state index in [1.54, 1.807) is 41.3 Å². The molecule has 2 N–H and O–H groups in total. The highest BCUT2D eigenvalue weighted by atomic mass is 16.5. The zero-order valence-corrected chi connectivity index (χ0v) is 18.5. The third-order valence-electron chi connectivity index (χ3n) is 5.39. The van der Waals surface area contributed by atoms with Gasteiger partial charge in [-0.3, -0.25) is 14.4 Å². The summed E-state index contributed by atoms with van der Waals surface area (Å²) in [5.74, 6) is 0.491. The molecule has 9 heteroatoms. The van der Waals surface area contributed by atoms with Crippen molar-refractivity contribution in [3.05, 3.63) is 60.0 Å². The fraction of sp³-hybridized carbons (Fsp3) is 0.292. The van der Waals surface area contributed by atoms with Crippen LogP contribution in [0.1, 0.15) is 48.9 Å². The van der Waals surface area contributed by atoms with Gasteiger partial charge in [0, 0.05) is 49.4 Å². The van der Waals surface area contributed by atoms with Crippen molar-refractivity contribution in [2.24, 2.45) is 0 Å². The monoisotopic (exact) mass is 447 g/mol. The lowest BCUT2D eigenvalue weighted by Gasteiger charge is -2.31. The van der Waals surface area contributed by atoms with Gasteiger partial charge in [0.15, 0.2) is 0 Å². The molecule has 2 aromatic carbocycles. The average Bonchev–Trinajstić information content (AvgIpc) is 3.29. The third-order valence-corrected chi connectivity index (χ3v) is 5.39. The molecule has 0 aliphatic carbocycles. The highest BCUT2D eigenvalue weighted by molar-refractivity contribution is 5.97. The molecule has 170 valence electrons. The summed E-state index contributed by atoms with van der Waals surface area (Å²) in [6, 6.07) is 14.1. The molecule has 4 rings (SSSR count). The smallest absolute Gasteiger partial charge is 0.253 e. The molecular weight excluding hydrogens is 422 g/mol. The summed E-state index contributed by atoms with van der Waals surface area (Å²) in [6.07, 6.45) is 1.67. The van der Waals surface area contributed by atoms with Crippen LogP contribution in [-0.2, 0) is 9.59 Å². The van der Waals surface area contributed by atoms with Crippen LogP contribution >= 0.6 is 0 Å². The molecule has 33 heavy (non-hydrogen) atoms. The van der Waals surface area contributed by atoms with E-state index in [1.165, 1.54) is 13.8 Å². The summed E-state index contributed by atoms with van der Waals surface area (Å²) in [5.41, 5.74) is 2.58. The normalized spacial score (nSPS) is 15.7. The molecule has 3 aromatic rings. The number of aromatic nitrogens is 2. The molecule has 1 aliphatic heterocycles. The highest BCUT2D eigenvalue weighted by Crippen LogP contribution is 2.29. The Balaban J connectivity index is 1.45.